The average Bonchev–Trinajstić information content (AvgIpc) is 3.93. The monoisotopic (exact) mass is 742 g/mol. The molecule has 0 saturated carbocycles. The van der Waals surface area contributed by atoms with Crippen LogP contribution < -0.4 is 0 Å². The van der Waals surface area contributed by atoms with Crippen molar-refractivity contribution in [2.45, 2.75) is 0 Å². The third-order valence-electron chi connectivity index (χ3n) is 11.7. The van der Waals surface area contributed by atoms with E-state index in [0.717, 1.165) is 11.4 Å². The van der Waals surface area contributed by atoms with E-state index in [1.54, 1.807) is 0 Å². The number of hydrogen-bond acceptors (Lipinski definition) is 1. The first-order chi connectivity index (χ1) is 28.3. The van der Waals surface area contributed by atoms with Crippen LogP contribution in [0.5, 0.6) is 0 Å². The van der Waals surface area contributed by atoms with Crippen LogP contribution in [0.3, 0.4) is 0 Å². The average molecular weight is 743 g/mol. The lowest BCUT2D eigenvalue weighted by Gasteiger charge is -2.17. The zero-order chi connectivity index (χ0) is 37.5. The van der Waals surface area contributed by atoms with Crippen LogP contribution in [-0.4, -0.2) is 9.13 Å². The van der Waals surface area contributed by atoms with E-state index in [-0.39, 0.29) is 0 Å². The maximum atomic E-state index is 2.49. The number of aromatic nitrogens is 2. The molecule has 266 valence electrons. The van der Waals surface area contributed by atoms with Gasteiger partial charge < -0.3 is 9.13 Å². The van der Waals surface area contributed by atoms with Gasteiger partial charge in [-0.1, -0.05) is 146 Å². The maximum absolute atomic E-state index is 2.49. The Morgan fingerprint density at radius 2 is 0.789 bits per heavy atom. The smallest absolute Gasteiger partial charge is 0.0547 e. The van der Waals surface area contributed by atoms with Gasteiger partial charge in [-0.05, 0) is 94.0 Å². The molecule has 0 aliphatic heterocycles. The van der Waals surface area contributed by atoms with Crippen LogP contribution in [0.1, 0.15) is 0 Å². The van der Waals surface area contributed by atoms with Crippen LogP contribution in [0.2, 0.25) is 0 Å². The van der Waals surface area contributed by atoms with Gasteiger partial charge in [0.05, 0.1) is 22.1 Å². The summed E-state index contributed by atoms with van der Waals surface area (Å²) in [5, 5.41) is 7.59. The second kappa shape index (κ2) is 12.7. The second-order valence-corrected chi connectivity index (χ2v) is 16.0. The molecule has 0 fully saturated rings. The minimum atomic E-state index is 1.16. The van der Waals surface area contributed by atoms with Crippen molar-refractivity contribution in [1.29, 1.82) is 0 Å². The molecular weight excluding hydrogens is 709 g/mol. The SMILES string of the molecule is c1ccc(-c2cccc(-c3ccccc3)c2-c2ccc3c4cc(-n5c6ccccc6c6ccccc65)ccc4n(-c4ccc5sc6ccccc6c5c4)c3c2)cc1. The van der Waals surface area contributed by atoms with E-state index in [2.05, 4.69) is 215 Å². The molecule has 0 atom stereocenters. The Balaban J connectivity index is 1.16. The molecule has 0 amide bonds. The van der Waals surface area contributed by atoms with Gasteiger partial charge in [-0.25, -0.2) is 0 Å². The first-order valence-corrected chi connectivity index (χ1v) is 20.3. The molecule has 0 spiro atoms. The highest BCUT2D eigenvalue weighted by Crippen LogP contribution is 2.44. The lowest BCUT2D eigenvalue weighted by Crippen LogP contribution is -1.96. The van der Waals surface area contributed by atoms with E-state index in [1.807, 2.05) is 11.3 Å². The highest BCUT2D eigenvalue weighted by Gasteiger charge is 2.20. The molecule has 3 heteroatoms. The number of benzene rings is 9. The fraction of sp³-hybridized carbons (Fsp3) is 0. The predicted molar refractivity (Wildman–Crippen MR) is 244 cm³/mol. The van der Waals surface area contributed by atoms with Crippen molar-refractivity contribution in [3.8, 4) is 44.8 Å². The number of nitrogens with zero attached hydrogens (tertiary/aromatic N) is 2. The summed E-state index contributed by atoms with van der Waals surface area (Å²) in [6, 6.07) is 75.8. The highest BCUT2D eigenvalue weighted by molar-refractivity contribution is 7.25. The fourth-order valence-corrected chi connectivity index (χ4v) is 10.3. The molecule has 0 N–H and O–H groups in total. The van der Waals surface area contributed by atoms with E-state index in [1.165, 1.54) is 97.2 Å². The molecule has 9 aromatic carbocycles. The zero-order valence-electron chi connectivity index (χ0n) is 30.9. The summed E-state index contributed by atoms with van der Waals surface area (Å²) in [6.07, 6.45) is 0. The van der Waals surface area contributed by atoms with Crippen molar-refractivity contribution in [3.63, 3.8) is 0 Å². The van der Waals surface area contributed by atoms with Crippen molar-refractivity contribution in [3.05, 3.63) is 206 Å². The molecule has 12 rings (SSSR count). The van der Waals surface area contributed by atoms with Gasteiger partial charge in [-0.2, -0.15) is 0 Å². The van der Waals surface area contributed by atoms with E-state index in [9.17, 15) is 0 Å². The van der Waals surface area contributed by atoms with Crippen molar-refractivity contribution >= 4 is 75.1 Å². The summed E-state index contributed by atoms with van der Waals surface area (Å²) in [5.41, 5.74) is 14.4. The third kappa shape index (κ3) is 4.96. The van der Waals surface area contributed by atoms with Gasteiger partial charge in [0.2, 0.25) is 0 Å². The van der Waals surface area contributed by atoms with Crippen LogP contribution in [0.4, 0.5) is 0 Å². The number of hydrogen-bond donors (Lipinski definition) is 0. The number of fused-ring (bicyclic) bond motifs is 9. The standard InChI is InChI=1S/C54H34N2S/c1-3-14-35(15-4-1)40-21-13-22-41(36-16-5-2-6-17-36)54(40)37-26-29-44-46-33-38(55-48-23-10-7-18-42(48)43-19-8-11-24-49(43)55)27-30-50(46)56(51(44)32-37)39-28-31-53-47(34-39)45-20-9-12-25-52(45)57-53/h1-34H. The van der Waals surface area contributed by atoms with Crippen LogP contribution >= 0.6 is 11.3 Å². The molecule has 3 heterocycles. The number of thiophene rings is 1. The van der Waals surface area contributed by atoms with Gasteiger partial charge in [0, 0.05) is 53.1 Å². The Hall–Kier alpha value is -7.20. The highest BCUT2D eigenvalue weighted by atomic mass is 32.1. The third-order valence-corrected chi connectivity index (χ3v) is 12.9. The summed E-state index contributed by atoms with van der Waals surface area (Å²) in [7, 11) is 0. The van der Waals surface area contributed by atoms with E-state index in [4.69, 9.17) is 0 Å². The Morgan fingerprint density at radius 1 is 0.281 bits per heavy atom. The van der Waals surface area contributed by atoms with Crippen LogP contribution in [0, 0.1) is 0 Å². The van der Waals surface area contributed by atoms with Crippen LogP contribution in [-0.2, 0) is 0 Å². The predicted octanol–water partition coefficient (Wildman–Crippen LogP) is 15.2. The minimum absolute atomic E-state index is 1.16. The van der Waals surface area contributed by atoms with Crippen molar-refractivity contribution in [1.82, 2.24) is 9.13 Å². The summed E-state index contributed by atoms with van der Waals surface area (Å²) >= 11 is 1.86. The molecular formula is C54H34N2S. The molecule has 3 aromatic heterocycles. The molecule has 12 aromatic rings. The topological polar surface area (TPSA) is 9.86 Å². The number of para-hydroxylation sites is 2. The first-order valence-electron chi connectivity index (χ1n) is 19.5. The van der Waals surface area contributed by atoms with Gasteiger partial charge in [0.25, 0.3) is 0 Å². The Bertz CT molecular complexity index is 3400. The van der Waals surface area contributed by atoms with Crippen LogP contribution in [0.15, 0.2) is 206 Å². The quantitative estimate of drug-likeness (QED) is 0.166. The summed E-state index contributed by atoms with van der Waals surface area (Å²) in [6.45, 7) is 0. The zero-order valence-corrected chi connectivity index (χ0v) is 31.7. The maximum Gasteiger partial charge on any atom is 0.0547 e. The fourth-order valence-electron chi connectivity index (χ4n) is 9.22. The van der Waals surface area contributed by atoms with Crippen molar-refractivity contribution in [2.75, 3.05) is 0 Å². The molecule has 0 aliphatic carbocycles. The van der Waals surface area contributed by atoms with Gasteiger partial charge in [0.15, 0.2) is 0 Å². The molecule has 0 unspecified atom stereocenters. The lowest BCUT2D eigenvalue weighted by atomic mass is 9.87. The minimum Gasteiger partial charge on any atom is -0.309 e. The summed E-state index contributed by atoms with van der Waals surface area (Å²) in [5.74, 6) is 0. The Kier molecular flexibility index (Phi) is 7.13. The summed E-state index contributed by atoms with van der Waals surface area (Å²) in [4.78, 5) is 0. The van der Waals surface area contributed by atoms with E-state index < -0.39 is 0 Å². The van der Waals surface area contributed by atoms with E-state index in [0.29, 0.717) is 0 Å². The second-order valence-electron chi connectivity index (χ2n) is 14.9. The van der Waals surface area contributed by atoms with Crippen LogP contribution in [0.25, 0.3) is 109 Å². The lowest BCUT2D eigenvalue weighted by molar-refractivity contribution is 1.17. The number of rotatable bonds is 5. The largest absolute Gasteiger partial charge is 0.309 e. The Labute approximate surface area is 333 Å². The van der Waals surface area contributed by atoms with E-state index >= 15 is 0 Å². The molecule has 0 aliphatic rings. The first kappa shape index (κ1) is 32.1. The molecule has 0 saturated heterocycles. The van der Waals surface area contributed by atoms with Crippen molar-refractivity contribution in [2.24, 2.45) is 0 Å². The van der Waals surface area contributed by atoms with Crippen molar-refractivity contribution < 1.29 is 0 Å². The van der Waals surface area contributed by atoms with Gasteiger partial charge in [-0.15, -0.1) is 11.3 Å². The van der Waals surface area contributed by atoms with Gasteiger partial charge >= 0.3 is 0 Å². The molecule has 57 heavy (non-hydrogen) atoms. The Morgan fingerprint density at radius 3 is 1.47 bits per heavy atom. The van der Waals surface area contributed by atoms with Gasteiger partial charge in [-0.3, -0.25) is 0 Å². The molecule has 0 bridgehead atoms. The molecule has 0 radical (unpaired) electrons. The van der Waals surface area contributed by atoms with Gasteiger partial charge in [0.1, 0.15) is 0 Å². The normalized spacial score (nSPS) is 11.9. The molecule has 2 nitrogen and oxygen atoms in total. The summed E-state index contributed by atoms with van der Waals surface area (Å²) < 4.78 is 7.53.